The maximum atomic E-state index is 12.0. The van der Waals surface area contributed by atoms with Crippen LogP contribution < -0.4 is 9.46 Å². The topological polar surface area (TPSA) is 102 Å². The zero-order chi connectivity index (χ0) is 14.5. The number of carbonyl (C=O) groups is 1. The van der Waals surface area contributed by atoms with Crippen LogP contribution in [0, 0.1) is 0 Å². The molecule has 1 atom stereocenters. The Hall–Kier alpha value is -1.64. The quantitative estimate of drug-likeness (QED) is 0.685. The van der Waals surface area contributed by atoms with Crippen LogP contribution in [-0.2, 0) is 19.6 Å². The second kappa shape index (κ2) is 6.50. The molecule has 1 rings (SSSR count). The highest BCUT2D eigenvalue weighted by atomic mass is 32.2. The van der Waals surface area contributed by atoms with E-state index in [1.807, 2.05) is 0 Å². The number of rotatable bonds is 6. The number of esters is 1. The van der Waals surface area contributed by atoms with Gasteiger partial charge in [-0.3, -0.25) is 4.79 Å². The fourth-order valence-corrected chi connectivity index (χ4v) is 2.54. The first-order chi connectivity index (χ1) is 8.94. The van der Waals surface area contributed by atoms with Crippen LogP contribution in [-0.4, -0.2) is 46.4 Å². The van der Waals surface area contributed by atoms with E-state index in [1.54, 1.807) is 6.07 Å². The molecule has 0 spiro atoms. The van der Waals surface area contributed by atoms with Crippen LogP contribution in [0.4, 0.5) is 0 Å². The highest BCUT2D eigenvalue weighted by molar-refractivity contribution is 7.89. The number of aliphatic hydroxyl groups is 1. The fraction of sp³-hybridized carbons (Fsp3) is 0.364. The molecular formula is C11H15NO6S. The van der Waals surface area contributed by atoms with Crippen LogP contribution in [0.25, 0.3) is 0 Å². The van der Waals surface area contributed by atoms with Gasteiger partial charge in [-0.1, -0.05) is 6.07 Å². The number of methoxy groups -OCH3 is 2. The molecule has 0 aromatic heterocycles. The second-order valence-corrected chi connectivity index (χ2v) is 5.27. The molecule has 7 nitrogen and oxygen atoms in total. The summed E-state index contributed by atoms with van der Waals surface area (Å²) in [4.78, 5) is 11.2. The summed E-state index contributed by atoms with van der Waals surface area (Å²) in [6.45, 7) is -0.699. The van der Waals surface area contributed by atoms with E-state index < -0.39 is 28.6 Å². The van der Waals surface area contributed by atoms with Crippen molar-refractivity contribution in [2.75, 3.05) is 20.8 Å². The van der Waals surface area contributed by atoms with Gasteiger partial charge < -0.3 is 14.6 Å². The minimum atomic E-state index is -3.95. The van der Waals surface area contributed by atoms with Gasteiger partial charge in [-0.05, 0) is 12.1 Å². The molecule has 0 bridgehead atoms. The number of sulfonamides is 1. The molecule has 106 valence electrons. The number of nitrogens with one attached hydrogen (secondary N) is 1. The normalized spacial score (nSPS) is 12.8. The van der Waals surface area contributed by atoms with Crippen molar-refractivity contribution in [2.24, 2.45) is 0 Å². The molecule has 19 heavy (non-hydrogen) atoms. The average Bonchev–Trinajstić information content (AvgIpc) is 2.44. The van der Waals surface area contributed by atoms with Gasteiger partial charge in [0.15, 0.2) is 0 Å². The SMILES string of the molecule is COC(=O)C(CO)NS(=O)(=O)c1cccc(OC)c1. The Morgan fingerprint density at radius 2 is 2.11 bits per heavy atom. The van der Waals surface area contributed by atoms with Crippen LogP contribution >= 0.6 is 0 Å². The minimum Gasteiger partial charge on any atom is -0.497 e. The molecule has 0 saturated carbocycles. The molecular weight excluding hydrogens is 274 g/mol. The molecule has 1 aromatic rings. The number of benzene rings is 1. The number of hydrogen-bond acceptors (Lipinski definition) is 6. The van der Waals surface area contributed by atoms with Gasteiger partial charge in [-0.2, -0.15) is 4.72 Å². The summed E-state index contributed by atoms with van der Waals surface area (Å²) in [5, 5.41) is 8.99. The van der Waals surface area contributed by atoms with E-state index >= 15 is 0 Å². The van der Waals surface area contributed by atoms with Crippen molar-refractivity contribution in [1.29, 1.82) is 0 Å². The predicted molar refractivity (Wildman–Crippen MR) is 66.2 cm³/mol. The van der Waals surface area contributed by atoms with E-state index in [0.29, 0.717) is 5.75 Å². The molecule has 0 aliphatic carbocycles. The highest BCUT2D eigenvalue weighted by Crippen LogP contribution is 2.17. The van der Waals surface area contributed by atoms with Gasteiger partial charge in [0.05, 0.1) is 25.7 Å². The summed E-state index contributed by atoms with van der Waals surface area (Å²) < 4.78 is 35.4. The lowest BCUT2D eigenvalue weighted by Crippen LogP contribution is -2.43. The van der Waals surface area contributed by atoms with Gasteiger partial charge in [0, 0.05) is 6.07 Å². The van der Waals surface area contributed by atoms with E-state index in [9.17, 15) is 13.2 Å². The Bertz CT molecular complexity index is 542. The number of carbonyl (C=O) groups excluding carboxylic acids is 1. The summed E-state index contributed by atoms with van der Waals surface area (Å²) >= 11 is 0. The van der Waals surface area contributed by atoms with E-state index in [4.69, 9.17) is 9.84 Å². The van der Waals surface area contributed by atoms with Crippen LogP contribution in [0.15, 0.2) is 29.2 Å². The lowest BCUT2D eigenvalue weighted by Gasteiger charge is -2.14. The predicted octanol–water partition coefficient (Wildman–Crippen LogP) is -0.493. The average molecular weight is 289 g/mol. The number of ether oxygens (including phenoxy) is 2. The Balaban J connectivity index is 3.00. The molecule has 0 aliphatic rings. The van der Waals surface area contributed by atoms with Gasteiger partial charge in [-0.15, -0.1) is 0 Å². The Kier molecular flexibility index (Phi) is 5.28. The molecule has 1 unspecified atom stereocenters. The molecule has 0 aliphatic heterocycles. The summed E-state index contributed by atoms with van der Waals surface area (Å²) in [5.41, 5.74) is 0. The van der Waals surface area contributed by atoms with Gasteiger partial charge in [0.2, 0.25) is 10.0 Å². The van der Waals surface area contributed by atoms with Crippen molar-refractivity contribution in [1.82, 2.24) is 4.72 Å². The maximum Gasteiger partial charge on any atom is 0.326 e. The van der Waals surface area contributed by atoms with Gasteiger partial charge >= 0.3 is 5.97 Å². The van der Waals surface area contributed by atoms with Crippen LogP contribution in [0.3, 0.4) is 0 Å². The number of hydrogen-bond donors (Lipinski definition) is 2. The third kappa shape index (κ3) is 3.91. The standard InChI is InChI=1S/C11H15NO6S/c1-17-8-4-3-5-9(6-8)19(15,16)12-10(7-13)11(14)18-2/h3-6,10,12-13H,7H2,1-2H3. The smallest absolute Gasteiger partial charge is 0.326 e. The molecule has 2 N–H and O–H groups in total. The van der Waals surface area contributed by atoms with Crippen molar-refractivity contribution >= 4 is 16.0 Å². The van der Waals surface area contributed by atoms with E-state index in [-0.39, 0.29) is 4.90 Å². The van der Waals surface area contributed by atoms with Gasteiger partial charge in [0.25, 0.3) is 0 Å². The first kappa shape index (κ1) is 15.4. The van der Waals surface area contributed by atoms with Gasteiger partial charge in [0.1, 0.15) is 11.8 Å². The summed E-state index contributed by atoms with van der Waals surface area (Å²) in [6.07, 6.45) is 0. The molecule has 0 radical (unpaired) electrons. The second-order valence-electron chi connectivity index (χ2n) is 3.56. The summed E-state index contributed by atoms with van der Waals surface area (Å²) in [5.74, 6) is -0.504. The highest BCUT2D eigenvalue weighted by Gasteiger charge is 2.25. The van der Waals surface area contributed by atoms with Crippen molar-refractivity contribution < 1.29 is 27.8 Å². The molecule has 8 heteroatoms. The first-order valence-corrected chi connectivity index (χ1v) is 6.78. The van der Waals surface area contributed by atoms with Crippen molar-refractivity contribution in [3.05, 3.63) is 24.3 Å². The van der Waals surface area contributed by atoms with Crippen LogP contribution in [0.2, 0.25) is 0 Å². The fourth-order valence-electron chi connectivity index (χ4n) is 1.33. The van der Waals surface area contributed by atoms with Crippen molar-refractivity contribution in [2.45, 2.75) is 10.9 Å². The van der Waals surface area contributed by atoms with Crippen LogP contribution in [0.1, 0.15) is 0 Å². The lowest BCUT2D eigenvalue weighted by atomic mass is 10.3. The lowest BCUT2D eigenvalue weighted by molar-refractivity contribution is -0.143. The number of aliphatic hydroxyl groups excluding tert-OH is 1. The van der Waals surface area contributed by atoms with Gasteiger partial charge in [-0.25, -0.2) is 8.42 Å². The molecule has 0 amide bonds. The Morgan fingerprint density at radius 1 is 1.42 bits per heavy atom. The molecule has 0 fully saturated rings. The van der Waals surface area contributed by atoms with E-state index in [0.717, 1.165) is 7.11 Å². The monoisotopic (exact) mass is 289 g/mol. The molecule has 0 heterocycles. The zero-order valence-corrected chi connectivity index (χ0v) is 11.3. The summed E-state index contributed by atoms with van der Waals surface area (Å²) in [6, 6.07) is 4.38. The van der Waals surface area contributed by atoms with E-state index in [1.165, 1.54) is 25.3 Å². The van der Waals surface area contributed by atoms with E-state index in [2.05, 4.69) is 9.46 Å². The maximum absolute atomic E-state index is 12.0. The Morgan fingerprint density at radius 3 is 2.63 bits per heavy atom. The summed E-state index contributed by atoms with van der Waals surface area (Å²) in [7, 11) is -1.44. The van der Waals surface area contributed by atoms with Crippen molar-refractivity contribution in [3.8, 4) is 5.75 Å². The first-order valence-electron chi connectivity index (χ1n) is 5.29. The largest absolute Gasteiger partial charge is 0.497 e. The third-order valence-corrected chi connectivity index (χ3v) is 3.79. The molecule has 1 aromatic carbocycles. The zero-order valence-electron chi connectivity index (χ0n) is 10.5. The third-order valence-electron chi connectivity index (χ3n) is 2.32. The van der Waals surface area contributed by atoms with Crippen molar-refractivity contribution in [3.63, 3.8) is 0 Å². The van der Waals surface area contributed by atoms with Crippen LogP contribution in [0.5, 0.6) is 5.75 Å². The minimum absolute atomic E-state index is 0.0748. The Labute approximate surface area is 111 Å². The molecule has 0 saturated heterocycles.